The van der Waals surface area contributed by atoms with Crippen LogP contribution in [0.1, 0.15) is 32.1 Å². The number of fused-ring (bicyclic) bond motifs is 1. The van der Waals surface area contributed by atoms with Gasteiger partial charge >= 0.3 is 0 Å². The molecule has 25 heavy (non-hydrogen) atoms. The Morgan fingerprint density at radius 2 is 1.88 bits per heavy atom. The average Bonchev–Trinajstić information content (AvgIpc) is 2.85. The fraction of sp³-hybridized carbons (Fsp3) is 0.526. The highest BCUT2D eigenvalue weighted by atomic mass is 32.1. The minimum atomic E-state index is -1.05. The Morgan fingerprint density at radius 3 is 2.52 bits per heavy atom. The predicted octanol–water partition coefficient (Wildman–Crippen LogP) is 3.36. The number of methoxy groups -OCH3 is 1. The van der Waals surface area contributed by atoms with E-state index >= 15 is 0 Å². The number of hydrogen-bond acceptors (Lipinski definition) is 5. The molecule has 1 aromatic heterocycles. The highest BCUT2D eigenvalue weighted by molar-refractivity contribution is 7.71. The van der Waals surface area contributed by atoms with E-state index in [0.717, 1.165) is 16.3 Å². The fourth-order valence-electron chi connectivity index (χ4n) is 2.84. The summed E-state index contributed by atoms with van der Waals surface area (Å²) < 4.78 is 13.0. The van der Waals surface area contributed by atoms with Crippen molar-refractivity contribution in [2.45, 2.75) is 51.7 Å². The first-order valence-corrected chi connectivity index (χ1v) is 8.97. The second-order valence-corrected chi connectivity index (χ2v) is 6.71. The average molecular weight is 365 g/mol. The summed E-state index contributed by atoms with van der Waals surface area (Å²) in [6.07, 6.45) is -0.288. The summed E-state index contributed by atoms with van der Waals surface area (Å²) in [5.41, 5.74) is 1.16. The topological polar surface area (TPSA) is 63.9 Å². The van der Waals surface area contributed by atoms with Crippen molar-refractivity contribution in [3.05, 3.63) is 40.7 Å². The molecule has 1 aliphatic heterocycles. The van der Waals surface area contributed by atoms with Gasteiger partial charge in [-0.15, -0.1) is 0 Å². The van der Waals surface area contributed by atoms with E-state index in [1.165, 1.54) is 13.5 Å². The van der Waals surface area contributed by atoms with Crippen LogP contribution < -0.4 is 0 Å². The first kappa shape index (κ1) is 20.0. The van der Waals surface area contributed by atoms with Crippen LogP contribution in [0.5, 0.6) is 0 Å². The number of aliphatic hydroxyl groups excluding tert-OH is 2. The number of benzene rings is 1. The van der Waals surface area contributed by atoms with Crippen LogP contribution in [0.3, 0.4) is 0 Å². The van der Waals surface area contributed by atoms with Crippen LogP contribution in [0.2, 0.25) is 0 Å². The Morgan fingerprint density at radius 1 is 1.20 bits per heavy atom. The third-order valence-electron chi connectivity index (χ3n) is 4.03. The van der Waals surface area contributed by atoms with E-state index in [9.17, 15) is 10.2 Å². The highest BCUT2D eigenvalue weighted by Gasteiger charge is 2.43. The van der Waals surface area contributed by atoms with Gasteiger partial charge in [0.15, 0.2) is 6.23 Å². The van der Waals surface area contributed by atoms with Crippen LogP contribution in [0.25, 0.3) is 10.8 Å². The van der Waals surface area contributed by atoms with Gasteiger partial charge in [0.05, 0.1) is 6.61 Å². The van der Waals surface area contributed by atoms with Crippen molar-refractivity contribution in [2.75, 3.05) is 13.7 Å². The van der Waals surface area contributed by atoms with Gasteiger partial charge in [-0.05, 0) is 18.4 Å². The van der Waals surface area contributed by atoms with Crippen LogP contribution >= 0.6 is 12.2 Å². The van der Waals surface area contributed by atoms with Crippen molar-refractivity contribution < 1.29 is 19.7 Å². The molecule has 2 aromatic rings. The Hall–Kier alpha value is -1.31. The van der Waals surface area contributed by atoms with E-state index in [1.54, 1.807) is 10.8 Å². The smallest absolute Gasteiger partial charge is 0.163 e. The molecule has 2 heterocycles. The number of nitrogens with zero attached hydrogens (tertiary/aromatic N) is 1. The molecule has 0 bridgehead atoms. The lowest BCUT2D eigenvalue weighted by atomic mass is 10.1. The minimum absolute atomic E-state index is 0.217. The molecule has 4 atom stereocenters. The number of ether oxygens (including phenoxy) is 2. The van der Waals surface area contributed by atoms with Crippen LogP contribution in [0.4, 0.5) is 0 Å². The molecule has 0 amide bonds. The van der Waals surface area contributed by atoms with Gasteiger partial charge in [0.25, 0.3) is 0 Å². The summed E-state index contributed by atoms with van der Waals surface area (Å²) in [5, 5.41) is 22.3. The summed E-state index contributed by atoms with van der Waals surface area (Å²) in [6, 6.07) is 7.96. The van der Waals surface area contributed by atoms with Crippen molar-refractivity contribution in [3.63, 3.8) is 0 Å². The summed E-state index contributed by atoms with van der Waals surface area (Å²) >= 11 is 5.53. The molecule has 3 rings (SSSR count). The zero-order valence-corrected chi connectivity index (χ0v) is 16.0. The molecule has 0 aliphatic carbocycles. The largest absolute Gasteiger partial charge is 0.387 e. The Bertz CT molecular complexity index is 761. The number of rotatable bonds is 3. The zero-order chi connectivity index (χ0) is 18.6. The fourth-order valence-corrected chi connectivity index (χ4v) is 3.19. The van der Waals surface area contributed by atoms with Gasteiger partial charge in [-0.25, -0.2) is 0 Å². The monoisotopic (exact) mass is 365 g/mol. The van der Waals surface area contributed by atoms with Crippen molar-refractivity contribution in [1.29, 1.82) is 0 Å². The highest BCUT2D eigenvalue weighted by Crippen LogP contribution is 2.31. The maximum atomic E-state index is 10.3. The third kappa shape index (κ3) is 4.27. The summed E-state index contributed by atoms with van der Waals surface area (Å²) in [7, 11) is 1.53. The summed E-state index contributed by atoms with van der Waals surface area (Å²) in [5.74, 6) is 0. The number of aryl methyl sites for hydroxylation is 1. The normalized spacial score (nSPS) is 25.7. The van der Waals surface area contributed by atoms with Crippen molar-refractivity contribution >= 4 is 23.0 Å². The minimum Gasteiger partial charge on any atom is -0.387 e. The van der Waals surface area contributed by atoms with Crippen molar-refractivity contribution in [3.8, 4) is 0 Å². The standard InChI is InChI=1S/C16H19NO4S.C3H8/c1-9-3-4-11-10(7-9)5-6-17(16(11)22)15-14(19)13(18)12(21-15)8-20-2;1-3-2/h3-7,12-15,18-19H,8H2,1-2H3;3H2,1-2H3. The quantitative estimate of drug-likeness (QED) is 0.817. The van der Waals surface area contributed by atoms with E-state index in [1.807, 2.05) is 25.1 Å². The lowest BCUT2D eigenvalue weighted by Gasteiger charge is -2.19. The van der Waals surface area contributed by atoms with E-state index < -0.39 is 24.5 Å². The molecule has 0 radical (unpaired) electrons. The maximum absolute atomic E-state index is 10.3. The Balaban J connectivity index is 0.000000701. The van der Waals surface area contributed by atoms with Gasteiger partial charge in [-0.1, -0.05) is 56.2 Å². The molecule has 2 N–H and O–H groups in total. The van der Waals surface area contributed by atoms with Crippen molar-refractivity contribution in [2.24, 2.45) is 0 Å². The lowest BCUT2D eigenvalue weighted by molar-refractivity contribution is -0.0600. The van der Waals surface area contributed by atoms with E-state index in [-0.39, 0.29) is 6.61 Å². The molecule has 1 aromatic carbocycles. The first-order valence-electron chi connectivity index (χ1n) is 8.56. The first-order chi connectivity index (χ1) is 11.9. The van der Waals surface area contributed by atoms with Crippen LogP contribution in [-0.4, -0.2) is 46.8 Å². The maximum Gasteiger partial charge on any atom is 0.163 e. The van der Waals surface area contributed by atoms with Crippen LogP contribution in [-0.2, 0) is 9.47 Å². The second-order valence-electron chi connectivity index (χ2n) is 6.33. The molecule has 1 fully saturated rings. The molecule has 138 valence electrons. The Kier molecular flexibility index (Phi) is 7.10. The van der Waals surface area contributed by atoms with E-state index in [0.29, 0.717) is 4.64 Å². The van der Waals surface area contributed by atoms with Gasteiger partial charge in [0, 0.05) is 18.7 Å². The third-order valence-corrected chi connectivity index (χ3v) is 4.46. The molecule has 1 aliphatic rings. The molecule has 6 heteroatoms. The lowest BCUT2D eigenvalue weighted by Crippen LogP contribution is -2.33. The number of aliphatic hydroxyl groups is 2. The van der Waals surface area contributed by atoms with Gasteiger partial charge in [-0.3, -0.25) is 0 Å². The van der Waals surface area contributed by atoms with Crippen LogP contribution in [0, 0.1) is 11.6 Å². The number of aromatic nitrogens is 1. The molecule has 0 spiro atoms. The second kappa shape index (κ2) is 8.87. The van der Waals surface area contributed by atoms with Gasteiger partial charge in [0.1, 0.15) is 23.0 Å². The number of hydrogen-bond donors (Lipinski definition) is 2. The predicted molar refractivity (Wildman–Crippen MR) is 101 cm³/mol. The molecule has 5 nitrogen and oxygen atoms in total. The van der Waals surface area contributed by atoms with Gasteiger partial charge in [0.2, 0.25) is 0 Å². The summed E-state index contributed by atoms with van der Waals surface area (Å²) in [6.45, 7) is 6.49. The van der Waals surface area contributed by atoms with E-state index in [4.69, 9.17) is 21.7 Å². The molecule has 4 unspecified atom stereocenters. The zero-order valence-electron chi connectivity index (χ0n) is 15.2. The van der Waals surface area contributed by atoms with Crippen molar-refractivity contribution in [1.82, 2.24) is 4.57 Å². The molecule has 0 saturated carbocycles. The molecular formula is C19H27NO4S. The van der Waals surface area contributed by atoms with Gasteiger partial charge < -0.3 is 24.3 Å². The Labute approximate surface area is 153 Å². The van der Waals surface area contributed by atoms with Crippen LogP contribution in [0.15, 0.2) is 30.5 Å². The van der Waals surface area contributed by atoms with E-state index in [2.05, 4.69) is 19.9 Å². The SMILES string of the molecule is CCC.COCC1OC(n2ccc3cc(C)ccc3c2=S)C(O)C1O. The molecule has 1 saturated heterocycles. The number of pyridine rings is 1. The van der Waals surface area contributed by atoms with Gasteiger partial charge in [-0.2, -0.15) is 0 Å². The molecular weight excluding hydrogens is 338 g/mol. The summed E-state index contributed by atoms with van der Waals surface area (Å²) in [4.78, 5) is 0.